The number of nitrogens with zero attached hydrogens (tertiary/aromatic N) is 3. The summed E-state index contributed by atoms with van der Waals surface area (Å²) in [7, 11) is 0. The van der Waals surface area contributed by atoms with Gasteiger partial charge in [-0.15, -0.1) is 16.2 Å². The monoisotopic (exact) mass is 296 g/mol. The predicted octanol–water partition coefficient (Wildman–Crippen LogP) is 3.23. The molecule has 3 aromatic rings. The number of nitriles is 1. The molecular formula is C14H8N4O2S. The molecule has 0 amide bonds. The smallest absolute Gasteiger partial charge is 0.260 e. The predicted molar refractivity (Wildman–Crippen MR) is 80.6 cm³/mol. The molecule has 1 N–H and O–H groups in total. The van der Waals surface area contributed by atoms with Gasteiger partial charge in [0.15, 0.2) is 0 Å². The Morgan fingerprint density at radius 2 is 2.05 bits per heavy atom. The molecule has 0 atom stereocenters. The molecule has 0 bridgehead atoms. The van der Waals surface area contributed by atoms with Crippen molar-refractivity contribution in [3.8, 4) is 17.5 Å². The lowest BCUT2D eigenvalue weighted by atomic mass is 10.2. The van der Waals surface area contributed by atoms with Crippen LogP contribution in [0.5, 0.6) is 0 Å². The normalized spacial score (nSPS) is 10.5. The van der Waals surface area contributed by atoms with Crippen LogP contribution in [0, 0.1) is 23.2 Å². The third kappa shape index (κ3) is 2.11. The van der Waals surface area contributed by atoms with Gasteiger partial charge in [0, 0.05) is 5.56 Å². The molecule has 0 fully saturated rings. The van der Waals surface area contributed by atoms with Gasteiger partial charge in [-0.05, 0) is 41.9 Å². The van der Waals surface area contributed by atoms with Crippen LogP contribution in [-0.2, 0) is 0 Å². The maximum atomic E-state index is 12.2. The molecule has 0 spiro atoms. The lowest BCUT2D eigenvalue weighted by molar-refractivity contribution is 1.18. The van der Waals surface area contributed by atoms with E-state index in [4.69, 9.17) is 5.26 Å². The molecule has 21 heavy (non-hydrogen) atoms. The molecule has 0 aliphatic carbocycles. The minimum absolute atomic E-state index is 0.275. The van der Waals surface area contributed by atoms with Gasteiger partial charge in [0.25, 0.3) is 5.56 Å². The zero-order chi connectivity index (χ0) is 15.0. The molecule has 7 heteroatoms. The molecule has 2 aromatic heterocycles. The summed E-state index contributed by atoms with van der Waals surface area (Å²) in [5.41, 5.74) is 1.35. The van der Waals surface area contributed by atoms with E-state index in [-0.39, 0.29) is 5.56 Å². The number of aryl methyl sites for hydroxylation is 1. The first-order chi connectivity index (χ1) is 10.1. The number of rotatable bonds is 2. The summed E-state index contributed by atoms with van der Waals surface area (Å²) < 4.78 is 0. The van der Waals surface area contributed by atoms with E-state index in [2.05, 4.69) is 21.2 Å². The second kappa shape index (κ2) is 4.92. The summed E-state index contributed by atoms with van der Waals surface area (Å²) in [4.78, 5) is 30.7. The maximum Gasteiger partial charge on any atom is 0.260 e. The van der Waals surface area contributed by atoms with E-state index in [1.165, 1.54) is 11.3 Å². The zero-order valence-corrected chi connectivity index (χ0v) is 11.7. The van der Waals surface area contributed by atoms with Gasteiger partial charge in [0.2, 0.25) is 0 Å². The summed E-state index contributed by atoms with van der Waals surface area (Å²) in [6, 6.07) is 8.48. The first kappa shape index (κ1) is 13.1. The van der Waals surface area contributed by atoms with Crippen LogP contribution in [0.15, 0.2) is 34.2 Å². The van der Waals surface area contributed by atoms with E-state index in [1.807, 2.05) is 0 Å². The van der Waals surface area contributed by atoms with Crippen molar-refractivity contribution in [1.29, 1.82) is 5.26 Å². The average molecular weight is 296 g/mol. The Morgan fingerprint density at radius 3 is 2.67 bits per heavy atom. The number of nitroso groups, excluding NO2 is 1. The van der Waals surface area contributed by atoms with E-state index < -0.39 is 0 Å². The van der Waals surface area contributed by atoms with Crippen LogP contribution < -0.4 is 5.56 Å². The van der Waals surface area contributed by atoms with E-state index in [9.17, 15) is 9.70 Å². The summed E-state index contributed by atoms with van der Waals surface area (Å²) >= 11 is 1.19. The van der Waals surface area contributed by atoms with Crippen LogP contribution in [-0.4, -0.2) is 9.97 Å². The van der Waals surface area contributed by atoms with Gasteiger partial charge in [-0.1, -0.05) is 0 Å². The van der Waals surface area contributed by atoms with Gasteiger partial charge >= 0.3 is 0 Å². The van der Waals surface area contributed by atoms with Crippen molar-refractivity contribution in [2.24, 2.45) is 5.18 Å². The minimum Gasteiger partial charge on any atom is -0.306 e. The van der Waals surface area contributed by atoms with Crippen molar-refractivity contribution in [3.05, 3.63) is 50.0 Å². The number of benzene rings is 1. The SMILES string of the molecule is Cc1c(C#N)sc2nc(-c3ccc(N=O)cc3)[nH]c(=O)c12. The fourth-order valence-corrected chi connectivity index (χ4v) is 3.05. The summed E-state index contributed by atoms with van der Waals surface area (Å²) in [6.07, 6.45) is 0. The lowest BCUT2D eigenvalue weighted by Gasteiger charge is -2.01. The average Bonchev–Trinajstić information content (AvgIpc) is 2.84. The number of hydrogen-bond donors (Lipinski definition) is 1. The van der Waals surface area contributed by atoms with E-state index in [0.29, 0.717) is 37.7 Å². The Balaban J connectivity index is 2.23. The van der Waals surface area contributed by atoms with Crippen molar-refractivity contribution < 1.29 is 0 Å². The van der Waals surface area contributed by atoms with E-state index in [1.54, 1.807) is 31.2 Å². The second-order valence-corrected chi connectivity index (χ2v) is 5.40. The Bertz CT molecular complexity index is 948. The standard InChI is InChI=1S/C14H8N4O2S/c1-7-10(6-15)21-14-11(7)13(19)16-12(17-14)8-2-4-9(18-20)5-3-8/h2-5H,1H3,(H,16,17,19). The molecule has 3 rings (SSSR count). The molecule has 0 aliphatic rings. The topological polar surface area (TPSA) is 99.0 Å². The highest BCUT2D eigenvalue weighted by Crippen LogP contribution is 2.28. The summed E-state index contributed by atoms with van der Waals surface area (Å²) in [5.74, 6) is 0.399. The van der Waals surface area contributed by atoms with Gasteiger partial charge in [-0.3, -0.25) is 4.79 Å². The van der Waals surface area contributed by atoms with Gasteiger partial charge in [-0.2, -0.15) is 5.26 Å². The van der Waals surface area contributed by atoms with Crippen LogP contribution >= 0.6 is 11.3 Å². The molecule has 0 unspecified atom stereocenters. The van der Waals surface area contributed by atoms with Crippen molar-refractivity contribution in [2.45, 2.75) is 6.92 Å². The largest absolute Gasteiger partial charge is 0.306 e. The quantitative estimate of drug-likeness (QED) is 0.734. The molecular weight excluding hydrogens is 288 g/mol. The lowest BCUT2D eigenvalue weighted by Crippen LogP contribution is -2.09. The number of hydrogen-bond acceptors (Lipinski definition) is 6. The highest BCUT2D eigenvalue weighted by molar-refractivity contribution is 7.19. The second-order valence-electron chi connectivity index (χ2n) is 4.40. The summed E-state index contributed by atoms with van der Waals surface area (Å²) in [5, 5.41) is 12.3. The van der Waals surface area contributed by atoms with Gasteiger partial charge in [0.05, 0.1) is 5.39 Å². The Kier molecular flexibility index (Phi) is 3.08. The number of aromatic amines is 1. The van der Waals surface area contributed by atoms with Crippen molar-refractivity contribution in [1.82, 2.24) is 9.97 Å². The number of aromatic nitrogens is 2. The molecule has 0 saturated carbocycles. The number of thiophene rings is 1. The molecule has 2 heterocycles. The number of H-pyrrole nitrogens is 1. The molecule has 0 aliphatic heterocycles. The zero-order valence-electron chi connectivity index (χ0n) is 10.9. The number of fused-ring (bicyclic) bond motifs is 1. The highest BCUT2D eigenvalue weighted by atomic mass is 32.1. The molecule has 0 radical (unpaired) electrons. The highest BCUT2D eigenvalue weighted by Gasteiger charge is 2.14. The first-order valence-electron chi connectivity index (χ1n) is 6.01. The van der Waals surface area contributed by atoms with Crippen molar-refractivity contribution >= 4 is 27.2 Å². The molecule has 1 aromatic carbocycles. The van der Waals surface area contributed by atoms with Gasteiger partial charge < -0.3 is 4.98 Å². The Labute approximate surface area is 122 Å². The molecule has 6 nitrogen and oxygen atoms in total. The fraction of sp³-hybridized carbons (Fsp3) is 0.0714. The van der Waals surface area contributed by atoms with Gasteiger partial charge in [-0.25, -0.2) is 4.98 Å². The summed E-state index contributed by atoms with van der Waals surface area (Å²) in [6.45, 7) is 1.73. The first-order valence-corrected chi connectivity index (χ1v) is 6.83. The minimum atomic E-state index is -0.275. The van der Waals surface area contributed by atoms with E-state index >= 15 is 0 Å². The van der Waals surface area contributed by atoms with Crippen LogP contribution in [0.3, 0.4) is 0 Å². The van der Waals surface area contributed by atoms with Crippen molar-refractivity contribution in [2.75, 3.05) is 0 Å². The maximum absolute atomic E-state index is 12.2. The van der Waals surface area contributed by atoms with Crippen molar-refractivity contribution in [3.63, 3.8) is 0 Å². The Morgan fingerprint density at radius 1 is 1.33 bits per heavy atom. The van der Waals surface area contributed by atoms with Crippen LogP contribution in [0.25, 0.3) is 21.6 Å². The third-order valence-electron chi connectivity index (χ3n) is 3.15. The molecule has 102 valence electrons. The third-order valence-corrected chi connectivity index (χ3v) is 4.24. The van der Waals surface area contributed by atoms with E-state index in [0.717, 1.165) is 0 Å². The molecule has 0 saturated heterocycles. The van der Waals surface area contributed by atoms with Crippen LogP contribution in [0.2, 0.25) is 0 Å². The number of nitrogens with one attached hydrogen (secondary N) is 1. The fourth-order valence-electron chi connectivity index (χ4n) is 2.07. The Hall–Kier alpha value is -2.85. The van der Waals surface area contributed by atoms with Crippen LogP contribution in [0.4, 0.5) is 5.69 Å². The van der Waals surface area contributed by atoms with Crippen LogP contribution in [0.1, 0.15) is 10.4 Å². The van der Waals surface area contributed by atoms with Gasteiger partial charge in [0.1, 0.15) is 27.3 Å².